The Bertz CT molecular complexity index is 946. The molecular formula is C19H16N4OS. The first-order valence-corrected chi connectivity index (χ1v) is 8.67. The number of H-pyrrole nitrogens is 1. The Hall–Kier alpha value is -2.99. The molecule has 0 unspecified atom stereocenters. The van der Waals surface area contributed by atoms with Gasteiger partial charge in [-0.3, -0.25) is 9.89 Å². The summed E-state index contributed by atoms with van der Waals surface area (Å²) in [6.45, 7) is 2.07. The topological polar surface area (TPSA) is 69.8 Å². The zero-order valence-corrected chi connectivity index (χ0v) is 14.4. The number of benzene rings is 2. The van der Waals surface area contributed by atoms with Gasteiger partial charge >= 0.3 is 0 Å². The predicted octanol–water partition coefficient (Wildman–Crippen LogP) is 4.33. The Balaban J connectivity index is 1.58. The first-order valence-electron chi connectivity index (χ1n) is 7.85. The Labute approximate surface area is 149 Å². The van der Waals surface area contributed by atoms with Gasteiger partial charge in [-0.15, -0.1) is 0 Å². The van der Waals surface area contributed by atoms with Crippen LogP contribution in [0.15, 0.2) is 59.6 Å². The van der Waals surface area contributed by atoms with Crippen LogP contribution in [0.25, 0.3) is 11.6 Å². The van der Waals surface area contributed by atoms with E-state index < -0.39 is 0 Å². The molecule has 0 atom stereocenters. The normalized spacial score (nSPS) is 14.4. The van der Waals surface area contributed by atoms with E-state index in [1.807, 2.05) is 30.3 Å². The average Bonchev–Trinajstić information content (AvgIpc) is 3.23. The summed E-state index contributed by atoms with van der Waals surface area (Å²) >= 11 is 1.54. The molecule has 0 bridgehead atoms. The third kappa shape index (κ3) is 3.29. The van der Waals surface area contributed by atoms with Crippen LogP contribution in [0.1, 0.15) is 16.8 Å². The van der Waals surface area contributed by atoms with Gasteiger partial charge in [0.2, 0.25) is 0 Å². The van der Waals surface area contributed by atoms with Gasteiger partial charge in [0.25, 0.3) is 5.91 Å². The minimum absolute atomic E-state index is 0.104. The van der Waals surface area contributed by atoms with Crippen molar-refractivity contribution in [1.29, 1.82) is 0 Å². The monoisotopic (exact) mass is 348 g/mol. The Morgan fingerprint density at radius 3 is 2.72 bits per heavy atom. The molecule has 25 heavy (non-hydrogen) atoms. The molecule has 3 aromatic rings. The molecule has 0 saturated heterocycles. The van der Waals surface area contributed by atoms with Crippen LogP contribution < -0.4 is 10.0 Å². The second-order valence-corrected chi connectivity index (χ2v) is 6.68. The third-order valence-electron chi connectivity index (χ3n) is 3.93. The van der Waals surface area contributed by atoms with Crippen LogP contribution in [0, 0.1) is 6.92 Å². The van der Waals surface area contributed by atoms with Crippen molar-refractivity contribution in [2.75, 3.05) is 10.0 Å². The molecule has 1 amide bonds. The molecular weight excluding hydrogens is 332 g/mol. The van der Waals surface area contributed by atoms with Crippen LogP contribution in [0.3, 0.4) is 0 Å². The highest BCUT2D eigenvalue weighted by molar-refractivity contribution is 8.00. The van der Waals surface area contributed by atoms with E-state index in [0.29, 0.717) is 5.57 Å². The number of nitrogens with zero attached hydrogens (tertiary/aromatic N) is 1. The van der Waals surface area contributed by atoms with E-state index in [1.54, 1.807) is 18.1 Å². The molecule has 1 aliphatic rings. The number of fused-ring (bicyclic) bond motifs is 1. The summed E-state index contributed by atoms with van der Waals surface area (Å²) in [5.74, 6) is -0.104. The lowest BCUT2D eigenvalue weighted by Gasteiger charge is -2.07. The maximum Gasteiger partial charge on any atom is 0.256 e. The van der Waals surface area contributed by atoms with Crippen LogP contribution in [-0.2, 0) is 4.79 Å². The molecule has 124 valence electrons. The minimum atomic E-state index is -0.104. The van der Waals surface area contributed by atoms with Crippen molar-refractivity contribution >= 4 is 40.9 Å². The molecule has 5 nitrogen and oxygen atoms in total. The largest absolute Gasteiger partial charge is 0.326 e. The van der Waals surface area contributed by atoms with Gasteiger partial charge in [0.05, 0.1) is 11.3 Å². The van der Waals surface area contributed by atoms with Crippen LogP contribution in [0.4, 0.5) is 11.4 Å². The predicted molar refractivity (Wildman–Crippen MR) is 102 cm³/mol. The summed E-state index contributed by atoms with van der Waals surface area (Å²) < 4.78 is 3.33. The highest BCUT2D eigenvalue weighted by atomic mass is 32.2. The SMILES string of the molecule is Cc1ccc(SNc2ccc3c(c2)/C(=C/c2ccn[nH]2)C(=O)N3)cc1. The molecule has 4 rings (SSSR count). The third-order valence-corrected chi connectivity index (χ3v) is 4.78. The smallest absolute Gasteiger partial charge is 0.256 e. The van der Waals surface area contributed by atoms with Crippen molar-refractivity contribution < 1.29 is 4.79 Å². The Morgan fingerprint density at radius 1 is 1.12 bits per heavy atom. The summed E-state index contributed by atoms with van der Waals surface area (Å²) in [7, 11) is 0. The number of anilines is 2. The number of nitrogens with one attached hydrogen (secondary N) is 3. The fourth-order valence-corrected chi connectivity index (χ4v) is 3.26. The van der Waals surface area contributed by atoms with Gasteiger partial charge in [0, 0.05) is 28.0 Å². The maximum atomic E-state index is 12.2. The number of carbonyl (C=O) groups is 1. The number of hydrogen-bond donors (Lipinski definition) is 3. The van der Waals surface area contributed by atoms with Gasteiger partial charge in [0.15, 0.2) is 0 Å². The van der Waals surface area contributed by atoms with Gasteiger partial charge in [-0.1, -0.05) is 17.7 Å². The summed E-state index contributed by atoms with van der Waals surface area (Å²) in [5, 5.41) is 9.66. The Kier molecular flexibility index (Phi) is 4.03. The molecule has 2 aromatic carbocycles. The van der Waals surface area contributed by atoms with Crippen molar-refractivity contribution in [1.82, 2.24) is 10.2 Å². The van der Waals surface area contributed by atoms with E-state index in [0.717, 1.165) is 27.5 Å². The zero-order chi connectivity index (χ0) is 17.2. The lowest BCUT2D eigenvalue weighted by molar-refractivity contribution is -0.110. The van der Waals surface area contributed by atoms with Gasteiger partial charge in [-0.05, 0) is 61.3 Å². The van der Waals surface area contributed by atoms with Crippen molar-refractivity contribution in [2.24, 2.45) is 0 Å². The number of aromatic nitrogens is 2. The number of aryl methyl sites for hydroxylation is 1. The van der Waals surface area contributed by atoms with E-state index >= 15 is 0 Å². The van der Waals surface area contributed by atoms with Gasteiger partial charge in [-0.25, -0.2) is 0 Å². The van der Waals surface area contributed by atoms with E-state index in [9.17, 15) is 4.79 Å². The van der Waals surface area contributed by atoms with Crippen molar-refractivity contribution in [3.63, 3.8) is 0 Å². The molecule has 3 N–H and O–H groups in total. The van der Waals surface area contributed by atoms with Gasteiger partial charge in [0.1, 0.15) is 0 Å². The molecule has 6 heteroatoms. The molecule has 1 aliphatic heterocycles. The van der Waals surface area contributed by atoms with E-state index in [-0.39, 0.29) is 5.91 Å². The van der Waals surface area contributed by atoms with Crippen molar-refractivity contribution in [3.8, 4) is 0 Å². The van der Waals surface area contributed by atoms with Crippen molar-refractivity contribution in [2.45, 2.75) is 11.8 Å². The highest BCUT2D eigenvalue weighted by Gasteiger charge is 2.24. The molecule has 0 aliphatic carbocycles. The highest BCUT2D eigenvalue weighted by Crippen LogP contribution is 2.35. The summed E-state index contributed by atoms with van der Waals surface area (Å²) in [6, 6.07) is 16.0. The zero-order valence-electron chi connectivity index (χ0n) is 13.5. The summed E-state index contributed by atoms with van der Waals surface area (Å²) in [5.41, 5.74) is 5.31. The van der Waals surface area contributed by atoms with Crippen LogP contribution in [0.5, 0.6) is 0 Å². The fraction of sp³-hybridized carbons (Fsp3) is 0.0526. The number of aromatic amines is 1. The van der Waals surface area contributed by atoms with E-state index in [2.05, 4.69) is 51.4 Å². The van der Waals surface area contributed by atoms with Gasteiger partial charge < -0.3 is 10.0 Å². The summed E-state index contributed by atoms with van der Waals surface area (Å²) in [6.07, 6.45) is 3.47. The van der Waals surface area contributed by atoms with Crippen LogP contribution in [-0.4, -0.2) is 16.1 Å². The molecule has 2 heterocycles. The maximum absolute atomic E-state index is 12.2. The lowest BCUT2D eigenvalue weighted by atomic mass is 10.1. The molecule has 1 aromatic heterocycles. The number of rotatable bonds is 4. The molecule has 0 fully saturated rings. The standard InChI is InChI=1S/C19H16N4OS/c1-12-2-5-15(6-3-12)25-23-14-4-7-18-16(11-14)17(19(24)21-18)10-13-8-9-20-22-13/h2-11,23H,1H3,(H,20,22)(H,21,24)/b17-10-. The second-order valence-electron chi connectivity index (χ2n) is 5.80. The summed E-state index contributed by atoms with van der Waals surface area (Å²) in [4.78, 5) is 13.4. The second kappa shape index (κ2) is 6.49. The van der Waals surface area contributed by atoms with E-state index in [1.165, 1.54) is 5.56 Å². The number of amides is 1. The number of hydrogen-bond acceptors (Lipinski definition) is 4. The van der Waals surface area contributed by atoms with Crippen LogP contribution in [0.2, 0.25) is 0 Å². The first-order chi connectivity index (χ1) is 12.2. The van der Waals surface area contributed by atoms with Gasteiger partial charge in [-0.2, -0.15) is 5.10 Å². The lowest BCUT2D eigenvalue weighted by Crippen LogP contribution is -2.03. The van der Waals surface area contributed by atoms with Crippen molar-refractivity contribution in [3.05, 3.63) is 71.5 Å². The van der Waals surface area contributed by atoms with Crippen LogP contribution >= 0.6 is 11.9 Å². The van der Waals surface area contributed by atoms with E-state index in [4.69, 9.17) is 0 Å². The quantitative estimate of drug-likeness (QED) is 0.485. The molecule has 0 spiro atoms. The average molecular weight is 348 g/mol. The first kappa shape index (κ1) is 15.5. The molecule has 0 radical (unpaired) electrons. The molecule has 0 saturated carbocycles. The fourth-order valence-electron chi connectivity index (χ4n) is 2.62. The number of carbonyl (C=O) groups excluding carboxylic acids is 1. The Morgan fingerprint density at radius 2 is 1.96 bits per heavy atom. The minimum Gasteiger partial charge on any atom is -0.326 e.